The van der Waals surface area contributed by atoms with Crippen molar-refractivity contribution in [2.24, 2.45) is 5.92 Å². The Morgan fingerprint density at radius 3 is 2.82 bits per heavy atom. The monoisotopic (exact) mass is 235 g/mol. The summed E-state index contributed by atoms with van der Waals surface area (Å²) in [4.78, 5) is 0. The first-order valence-corrected chi connectivity index (χ1v) is 6.37. The van der Waals surface area contributed by atoms with Crippen LogP contribution in [0.5, 0.6) is 0 Å². The van der Waals surface area contributed by atoms with E-state index in [4.69, 9.17) is 9.84 Å². The highest BCUT2D eigenvalue weighted by Crippen LogP contribution is 2.26. The van der Waals surface area contributed by atoms with Crippen LogP contribution in [0.1, 0.15) is 24.4 Å². The largest absolute Gasteiger partial charge is 0.395 e. The lowest BCUT2D eigenvalue weighted by molar-refractivity contribution is 0.180. The van der Waals surface area contributed by atoms with Crippen LogP contribution in [0.3, 0.4) is 0 Å². The summed E-state index contributed by atoms with van der Waals surface area (Å²) < 4.78 is 5.42. The molecule has 2 atom stereocenters. The van der Waals surface area contributed by atoms with E-state index in [1.807, 2.05) is 6.07 Å². The van der Waals surface area contributed by atoms with Gasteiger partial charge >= 0.3 is 0 Å². The third-order valence-corrected chi connectivity index (χ3v) is 3.30. The topological polar surface area (TPSA) is 41.5 Å². The third-order valence-electron chi connectivity index (χ3n) is 3.30. The Labute approximate surface area is 103 Å². The van der Waals surface area contributed by atoms with Gasteiger partial charge in [-0.2, -0.15) is 0 Å². The molecule has 2 rings (SSSR count). The SMILES string of the molecule is OCCNC(CC1CCOC1)c1ccccc1. The second kappa shape index (κ2) is 6.74. The van der Waals surface area contributed by atoms with Gasteiger partial charge in [0.25, 0.3) is 0 Å². The number of hydrogen-bond donors (Lipinski definition) is 2. The molecule has 2 N–H and O–H groups in total. The normalized spacial score (nSPS) is 21.6. The lowest BCUT2D eigenvalue weighted by Crippen LogP contribution is -2.26. The predicted octanol–water partition coefficient (Wildman–Crippen LogP) is 1.74. The van der Waals surface area contributed by atoms with E-state index in [-0.39, 0.29) is 6.61 Å². The smallest absolute Gasteiger partial charge is 0.0556 e. The van der Waals surface area contributed by atoms with Crippen LogP contribution < -0.4 is 5.32 Å². The van der Waals surface area contributed by atoms with Gasteiger partial charge in [-0.05, 0) is 24.3 Å². The molecule has 0 amide bonds. The molecule has 94 valence electrons. The molecular weight excluding hydrogens is 214 g/mol. The van der Waals surface area contributed by atoms with Gasteiger partial charge in [0.2, 0.25) is 0 Å². The zero-order chi connectivity index (χ0) is 11.9. The van der Waals surface area contributed by atoms with E-state index >= 15 is 0 Å². The Morgan fingerprint density at radius 1 is 1.35 bits per heavy atom. The molecule has 0 saturated carbocycles. The van der Waals surface area contributed by atoms with E-state index in [2.05, 4.69) is 29.6 Å². The molecule has 0 spiro atoms. The third kappa shape index (κ3) is 3.80. The van der Waals surface area contributed by atoms with Crippen LogP contribution in [-0.2, 0) is 4.74 Å². The minimum Gasteiger partial charge on any atom is -0.395 e. The zero-order valence-corrected chi connectivity index (χ0v) is 10.1. The minimum absolute atomic E-state index is 0.185. The van der Waals surface area contributed by atoms with Crippen molar-refractivity contribution in [3.8, 4) is 0 Å². The maximum atomic E-state index is 8.94. The Kier molecular flexibility index (Phi) is 4.98. The minimum atomic E-state index is 0.185. The van der Waals surface area contributed by atoms with E-state index in [1.165, 1.54) is 5.56 Å². The lowest BCUT2D eigenvalue weighted by atomic mass is 9.94. The molecule has 0 aromatic heterocycles. The van der Waals surface area contributed by atoms with Crippen LogP contribution in [0, 0.1) is 5.92 Å². The number of benzene rings is 1. The number of ether oxygens (including phenoxy) is 1. The molecule has 2 unspecified atom stereocenters. The number of hydrogen-bond acceptors (Lipinski definition) is 3. The first kappa shape index (κ1) is 12.6. The summed E-state index contributed by atoms with van der Waals surface area (Å²) in [6.07, 6.45) is 2.24. The highest BCUT2D eigenvalue weighted by atomic mass is 16.5. The molecule has 1 aromatic rings. The summed E-state index contributed by atoms with van der Waals surface area (Å²) in [5.74, 6) is 0.645. The molecule has 0 aliphatic carbocycles. The highest BCUT2D eigenvalue weighted by molar-refractivity contribution is 5.19. The molecule has 1 saturated heterocycles. The van der Waals surface area contributed by atoms with Crippen LogP contribution in [-0.4, -0.2) is 31.5 Å². The summed E-state index contributed by atoms with van der Waals surface area (Å²) in [5, 5.41) is 12.3. The number of rotatable bonds is 6. The molecule has 3 heteroatoms. The van der Waals surface area contributed by atoms with Crippen molar-refractivity contribution >= 4 is 0 Å². The second-order valence-electron chi connectivity index (χ2n) is 4.61. The average Bonchev–Trinajstić information content (AvgIpc) is 2.88. The molecule has 17 heavy (non-hydrogen) atoms. The molecule has 0 radical (unpaired) electrons. The van der Waals surface area contributed by atoms with Gasteiger partial charge in [-0.25, -0.2) is 0 Å². The number of aliphatic hydroxyl groups excluding tert-OH is 1. The van der Waals surface area contributed by atoms with Gasteiger partial charge in [0, 0.05) is 25.8 Å². The summed E-state index contributed by atoms with van der Waals surface area (Å²) >= 11 is 0. The first-order chi connectivity index (χ1) is 8.40. The van der Waals surface area contributed by atoms with Gasteiger partial charge in [0.1, 0.15) is 0 Å². The number of aliphatic hydroxyl groups is 1. The average molecular weight is 235 g/mol. The maximum absolute atomic E-state index is 8.94. The van der Waals surface area contributed by atoms with Gasteiger partial charge in [-0.3, -0.25) is 0 Å². The Bertz CT molecular complexity index is 309. The van der Waals surface area contributed by atoms with Crippen molar-refractivity contribution in [2.45, 2.75) is 18.9 Å². The van der Waals surface area contributed by atoms with Crippen LogP contribution in [0.4, 0.5) is 0 Å². The van der Waals surface area contributed by atoms with Crippen LogP contribution in [0.15, 0.2) is 30.3 Å². The Balaban J connectivity index is 1.97. The van der Waals surface area contributed by atoms with Gasteiger partial charge in [-0.1, -0.05) is 30.3 Å². The summed E-state index contributed by atoms with van der Waals surface area (Å²) in [6, 6.07) is 10.8. The van der Waals surface area contributed by atoms with Crippen molar-refractivity contribution in [1.29, 1.82) is 0 Å². The van der Waals surface area contributed by atoms with Crippen molar-refractivity contribution in [3.63, 3.8) is 0 Å². The van der Waals surface area contributed by atoms with E-state index in [1.54, 1.807) is 0 Å². The Hall–Kier alpha value is -0.900. The summed E-state index contributed by atoms with van der Waals surface area (Å²) in [7, 11) is 0. The fraction of sp³-hybridized carbons (Fsp3) is 0.571. The quantitative estimate of drug-likeness (QED) is 0.789. The van der Waals surface area contributed by atoms with Crippen molar-refractivity contribution in [1.82, 2.24) is 5.32 Å². The van der Waals surface area contributed by atoms with Gasteiger partial charge in [0.05, 0.1) is 6.61 Å². The molecule has 1 fully saturated rings. The predicted molar refractivity (Wildman–Crippen MR) is 67.8 cm³/mol. The van der Waals surface area contributed by atoms with E-state index < -0.39 is 0 Å². The van der Waals surface area contributed by atoms with E-state index in [9.17, 15) is 0 Å². The Morgan fingerprint density at radius 2 is 2.18 bits per heavy atom. The van der Waals surface area contributed by atoms with Crippen molar-refractivity contribution in [2.75, 3.05) is 26.4 Å². The molecule has 1 aliphatic rings. The fourth-order valence-electron chi connectivity index (χ4n) is 2.36. The molecule has 1 aliphatic heterocycles. The maximum Gasteiger partial charge on any atom is 0.0556 e. The van der Waals surface area contributed by atoms with Crippen LogP contribution >= 0.6 is 0 Å². The molecule has 1 aromatic carbocycles. The summed E-state index contributed by atoms with van der Waals surface area (Å²) in [6.45, 7) is 2.61. The molecular formula is C14H21NO2. The zero-order valence-electron chi connectivity index (χ0n) is 10.1. The standard InChI is InChI=1S/C14H21NO2/c16-8-7-15-14(10-12-6-9-17-11-12)13-4-2-1-3-5-13/h1-5,12,14-16H,6-11H2. The number of nitrogens with one attached hydrogen (secondary N) is 1. The lowest BCUT2D eigenvalue weighted by Gasteiger charge is -2.21. The first-order valence-electron chi connectivity index (χ1n) is 6.37. The molecule has 0 bridgehead atoms. The van der Waals surface area contributed by atoms with Gasteiger partial charge in [-0.15, -0.1) is 0 Å². The molecule has 3 nitrogen and oxygen atoms in total. The summed E-state index contributed by atoms with van der Waals surface area (Å²) in [5.41, 5.74) is 1.30. The second-order valence-corrected chi connectivity index (χ2v) is 4.61. The van der Waals surface area contributed by atoms with Crippen molar-refractivity contribution < 1.29 is 9.84 Å². The van der Waals surface area contributed by atoms with Gasteiger partial charge < -0.3 is 15.2 Å². The van der Waals surface area contributed by atoms with E-state index in [0.717, 1.165) is 26.1 Å². The fourth-order valence-corrected chi connectivity index (χ4v) is 2.36. The van der Waals surface area contributed by atoms with Crippen LogP contribution in [0.2, 0.25) is 0 Å². The highest BCUT2D eigenvalue weighted by Gasteiger charge is 2.21. The van der Waals surface area contributed by atoms with Crippen LogP contribution in [0.25, 0.3) is 0 Å². The van der Waals surface area contributed by atoms with E-state index in [0.29, 0.717) is 18.5 Å². The van der Waals surface area contributed by atoms with Crippen molar-refractivity contribution in [3.05, 3.63) is 35.9 Å². The van der Waals surface area contributed by atoms with Gasteiger partial charge in [0.15, 0.2) is 0 Å². The molecule has 1 heterocycles.